The molecule has 0 unspecified atom stereocenters. The van der Waals surface area contributed by atoms with Crippen molar-refractivity contribution < 1.29 is 9.53 Å². The van der Waals surface area contributed by atoms with E-state index in [0.717, 1.165) is 56.1 Å². The van der Waals surface area contributed by atoms with Crippen LogP contribution in [0.2, 0.25) is 0 Å². The van der Waals surface area contributed by atoms with E-state index < -0.39 is 0 Å². The van der Waals surface area contributed by atoms with Gasteiger partial charge >= 0.3 is 0 Å². The molecule has 0 saturated carbocycles. The lowest BCUT2D eigenvalue weighted by Crippen LogP contribution is -2.39. The van der Waals surface area contributed by atoms with E-state index in [0.29, 0.717) is 18.8 Å². The van der Waals surface area contributed by atoms with E-state index in [1.165, 1.54) is 0 Å². The summed E-state index contributed by atoms with van der Waals surface area (Å²) in [6.07, 6.45) is 4.65. The summed E-state index contributed by atoms with van der Waals surface area (Å²) in [4.78, 5) is 22.9. The standard InChI is InChI=1S/C21H28N6O2/c22-20(23)13-19(28)5-4-16-2-1-3-17(12-16)18-14-25-21(26-15-18)24-6-7-27-8-10-29-11-9-27/h1-3,12,14-15H,4-11,13H2,(H3,22,23)(H,24,25,26). The van der Waals surface area contributed by atoms with Gasteiger partial charge in [-0.15, -0.1) is 0 Å². The van der Waals surface area contributed by atoms with Gasteiger partial charge in [0, 0.05) is 50.6 Å². The molecule has 29 heavy (non-hydrogen) atoms. The third-order valence-corrected chi connectivity index (χ3v) is 4.81. The van der Waals surface area contributed by atoms with Crippen LogP contribution in [-0.2, 0) is 16.0 Å². The largest absolute Gasteiger partial charge is 0.387 e. The average Bonchev–Trinajstić information content (AvgIpc) is 2.73. The maximum Gasteiger partial charge on any atom is 0.222 e. The molecule has 1 aromatic heterocycles. The molecule has 0 atom stereocenters. The fourth-order valence-corrected chi connectivity index (χ4v) is 3.21. The summed E-state index contributed by atoms with van der Waals surface area (Å²) in [5.41, 5.74) is 8.29. The lowest BCUT2D eigenvalue weighted by atomic mass is 10.0. The molecule has 1 saturated heterocycles. The van der Waals surface area contributed by atoms with Crippen molar-refractivity contribution >= 4 is 17.6 Å². The van der Waals surface area contributed by atoms with Crippen LogP contribution in [0.5, 0.6) is 0 Å². The van der Waals surface area contributed by atoms with Gasteiger partial charge in [-0.05, 0) is 17.5 Å². The number of aromatic nitrogens is 2. The molecule has 8 nitrogen and oxygen atoms in total. The fraction of sp³-hybridized carbons (Fsp3) is 0.429. The number of carbonyl (C=O) groups excluding carboxylic acids is 1. The van der Waals surface area contributed by atoms with Crippen molar-refractivity contribution in [1.29, 1.82) is 5.41 Å². The summed E-state index contributed by atoms with van der Waals surface area (Å²) in [6.45, 7) is 5.28. The summed E-state index contributed by atoms with van der Waals surface area (Å²) < 4.78 is 5.35. The smallest absolute Gasteiger partial charge is 0.222 e. The van der Waals surface area contributed by atoms with E-state index in [2.05, 4.69) is 20.2 Å². The second kappa shape index (κ2) is 10.6. The lowest BCUT2D eigenvalue weighted by molar-refractivity contribution is -0.117. The molecule has 0 bridgehead atoms. The SMILES string of the molecule is N=C(N)CC(=O)CCc1cccc(-c2cnc(NCCN3CCOCC3)nc2)c1. The van der Waals surface area contributed by atoms with Crippen LogP contribution < -0.4 is 11.1 Å². The summed E-state index contributed by atoms with van der Waals surface area (Å²) in [7, 11) is 0. The Morgan fingerprint density at radius 2 is 1.97 bits per heavy atom. The zero-order valence-electron chi connectivity index (χ0n) is 16.6. The predicted molar refractivity (Wildman–Crippen MR) is 113 cm³/mol. The topological polar surface area (TPSA) is 117 Å². The van der Waals surface area contributed by atoms with Gasteiger partial charge in [0.15, 0.2) is 0 Å². The number of nitrogens with one attached hydrogen (secondary N) is 2. The van der Waals surface area contributed by atoms with Crippen LogP contribution >= 0.6 is 0 Å². The minimum absolute atomic E-state index is 0.0151. The van der Waals surface area contributed by atoms with E-state index in [9.17, 15) is 4.79 Å². The summed E-state index contributed by atoms with van der Waals surface area (Å²) in [6, 6.07) is 8.01. The van der Waals surface area contributed by atoms with Gasteiger partial charge in [-0.25, -0.2) is 9.97 Å². The highest BCUT2D eigenvalue weighted by atomic mass is 16.5. The van der Waals surface area contributed by atoms with E-state index >= 15 is 0 Å². The number of anilines is 1. The number of nitrogens with zero attached hydrogens (tertiary/aromatic N) is 3. The zero-order valence-corrected chi connectivity index (χ0v) is 16.6. The third kappa shape index (κ3) is 6.92. The van der Waals surface area contributed by atoms with Crippen LogP contribution in [0.25, 0.3) is 11.1 Å². The molecule has 0 radical (unpaired) electrons. The van der Waals surface area contributed by atoms with Crippen LogP contribution in [0.15, 0.2) is 36.7 Å². The summed E-state index contributed by atoms with van der Waals surface area (Å²) in [5.74, 6) is 0.520. The van der Waals surface area contributed by atoms with Crippen LogP contribution in [-0.4, -0.2) is 65.9 Å². The Balaban J connectivity index is 1.51. The van der Waals surface area contributed by atoms with Gasteiger partial charge in [-0.1, -0.05) is 24.3 Å². The number of Topliss-reactive ketones (excluding diaryl/α,β-unsaturated/α-hetero) is 1. The number of benzene rings is 1. The maximum atomic E-state index is 11.7. The van der Waals surface area contributed by atoms with E-state index in [4.69, 9.17) is 15.9 Å². The Hall–Kier alpha value is -2.84. The molecular weight excluding hydrogens is 368 g/mol. The molecule has 1 aliphatic rings. The lowest BCUT2D eigenvalue weighted by Gasteiger charge is -2.26. The number of aryl methyl sites for hydroxylation is 1. The molecule has 1 aromatic carbocycles. The van der Waals surface area contributed by atoms with Gasteiger partial charge in [-0.2, -0.15) is 0 Å². The third-order valence-electron chi connectivity index (χ3n) is 4.81. The van der Waals surface area contributed by atoms with Crippen LogP contribution in [0.3, 0.4) is 0 Å². The minimum Gasteiger partial charge on any atom is -0.387 e. The highest BCUT2D eigenvalue weighted by Crippen LogP contribution is 2.20. The van der Waals surface area contributed by atoms with Crippen molar-refractivity contribution in [3.05, 3.63) is 42.2 Å². The monoisotopic (exact) mass is 396 g/mol. The summed E-state index contributed by atoms with van der Waals surface area (Å²) in [5, 5.41) is 10.5. The molecule has 4 N–H and O–H groups in total. The molecule has 1 fully saturated rings. The molecule has 154 valence electrons. The molecule has 1 aliphatic heterocycles. The number of ketones is 1. The Morgan fingerprint density at radius 1 is 1.21 bits per heavy atom. The molecule has 8 heteroatoms. The Kier molecular flexibility index (Phi) is 7.66. The number of hydrogen-bond donors (Lipinski definition) is 3. The van der Waals surface area contributed by atoms with E-state index in [-0.39, 0.29) is 18.0 Å². The number of carbonyl (C=O) groups is 1. The van der Waals surface area contributed by atoms with Gasteiger partial charge in [0.2, 0.25) is 5.95 Å². The second-order valence-electron chi connectivity index (χ2n) is 7.12. The molecule has 2 aromatic rings. The van der Waals surface area contributed by atoms with Crippen molar-refractivity contribution in [2.45, 2.75) is 19.3 Å². The molecule has 3 rings (SSSR count). The highest BCUT2D eigenvalue weighted by molar-refractivity contribution is 5.98. The minimum atomic E-state index is -0.0838. The molecule has 0 spiro atoms. The van der Waals surface area contributed by atoms with Crippen LogP contribution in [0.1, 0.15) is 18.4 Å². The van der Waals surface area contributed by atoms with Crippen LogP contribution in [0, 0.1) is 5.41 Å². The van der Waals surface area contributed by atoms with Gasteiger partial charge in [-0.3, -0.25) is 15.1 Å². The van der Waals surface area contributed by atoms with Crippen molar-refractivity contribution in [3.63, 3.8) is 0 Å². The first-order chi connectivity index (χ1) is 14.1. The van der Waals surface area contributed by atoms with Gasteiger partial charge < -0.3 is 15.8 Å². The van der Waals surface area contributed by atoms with Gasteiger partial charge in [0.05, 0.1) is 25.5 Å². The van der Waals surface area contributed by atoms with Crippen molar-refractivity contribution in [2.24, 2.45) is 5.73 Å². The molecule has 2 heterocycles. The Bertz CT molecular complexity index is 818. The van der Waals surface area contributed by atoms with Crippen LogP contribution in [0.4, 0.5) is 5.95 Å². The number of hydrogen-bond acceptors (Lipinski definition) is 7. The van der Waals surface area contributed by atoms with Crippen molar-refractivity contribution in [3.8, 4) is 11.1 Å². The molecule has 0 amide bonds. The normalized spacial score (nSPS) is 14.5. The van der Waals surface area contributed by atoms with E-state index in [1.807, 2.05) is 36.7 Å². The first kappa shape index (κ1) is 20.9. The first-order valence-electron chi connectivity index (χ1n) is 9.90. The number of ether oxygens (including phenoxy) is 1. The zero-order chi connectivity index (χ0) is 20.5. The van der Waals surface area contributed by atoms with Crippen molar-refractivity contribution in [2.75, 3.05) is 44.7 Å². The van der Waals surface area contributed by atoms with Gasteiger partial charge in [0.25, 0.3) is 0 Å². The van der Waals surface area contributed by atoms with E-state index in [1.54, 1.807) is 0 Å². The predicted octanol–water partition coefficient (Wildman–Crippen LogP) is 1.72. The highest BCUT2D eigenvalue weighted by Gasteiger charge is 2.10. The van der Waals surface area contributed by atoms with Gasteiger partial charge in [0.1, 0.15) is 5.78 Å². The summed E-state index contributed by atoms with van der Waals surface area (Å²) >= 11 is 0. The maximum absolute atomic E-state index is 11.7. The average molecular weight is 396 g/mol. The second-order valence-corrected chi connectivity index (χ2v) is 7.12. The number of amidine groups is 1. The number of nitrogens with two attached hydrogens (primary N) is 1. The number of morpholine rings is 1. The van der Waals surface area contributed by atoms with Crippen molar-refractivity contribution in [1.82, 2.24) is 14.9 Å². The Labute approximate surface area is 171 Å². The molecular formula is C21H28N6O2. The fourth-order valence-electron chi connectivity index (χ4n) is 3.21. The Morgan fingerprint density at radius 3 is 2.69 bits per heavy atom. The first-order valence-corrected chi connectivity index (χ1v) is 9.90. The number of rotatable bonds is 10. The molecule has 0 aliphatic carbocycles. The quantitative estimate of drug-likeness (QED) is 0.413.